The summed E-state index contributed by atoms with van der Waals surface area (Å²) in [4.78, 5) is 25.9. The molecule has 0 bridgehead atoms. The van der Waals surface area contributed by atoms with Gasteiger partial charge in [-0.25, -0.2) is 8.42 Å². The first-order valence-corrected chi connectivity index (χ1v) is 13.5. The SMILES string of the molecule is CCS(=O)(=O)c1ccc(Cl)cc1CNC(=O)c1cc(C(F)(F)F)c(CN2CC[C@@H](NC(C)=O)C2)cc1N. The number of sulfone groups is 1. The van der Waals surface area contributed by atoms with E-state index in [2.05, 4.69) is 10.6 Å². The first kappa shape index (κ1) is 28.7. The van der Waals surface area contributed by atoms with E-state index in [1.807, 2.05) is 0 Å². The minimum atomic E-state index is -4.75. The average molecular weight is 561 g/mol. The lowest BCUT2D eigenvalue weighted by molar-refractivity contribution is -0.138. The molecule has 3 rings (SSSR count). The highest BCUT2D eigenvalue weighted by atomic mass is 35.5. The van der Waals surface area contributed by atoms with Crippen molar-refractivity contribution in [3.63, 3.8) is 0 Å². The summed E-state index contributed by atoms with van der Waals surface area (Å²) in [6.45, 7) is 3.39. The third-order valence-corrected chi connectivity index (χ3v) is 8.14. The van der Waals surface area contributed by atoms with Crippen molar-refractivity contribution >= 4 is 38.9 Å². The number of rotatable bonds is 8. The number of hydrogen-bond donors (Lipinski definition) is 3. The van der Waals surface area contributed by atoms with E-state index in [0.29, 0.717) is 25.6 Å². The van der Waals surface area contributed by atoms with Crippen LogP contribution in [0.5, 0.6) is 0 Å². The number of nitrogens with one attached hydrogen (secondary N) is 2. The number of amides is 2. The quantitative estimate of drug-likeness (QED) is 0.426. The van der Waals surface area contributed by atoms with E-state index in [0.717, 1.165) is 6.07 Å². The normalized spacial score (nSPS) is 16.5. The van der Waals surface area contributed by atoms with Gasteiger partial charge < -0.3 is 16.4 Å². The molecule has 2 aromatic rings. The summed E-state index contributed by atoms with van der Waals surface area (Å²) >= 11 is 5.98. The molecule has 1 aliphatic rings. The van der Waals surface area contributed by atoms with Crippen molar-refractivity contribution in [2.24, 2.45) is 0 Å². The lowest BCUT2D eigenvalue weighted by Crippen LogP contribution is -2.35. The van der Waals surface area contributed by atoms with Gasteiger partial charge in [0, 0.05) is 49.9 Å². The second-order valence-electron chi connectivity index (χ2n) is 8.85. The van der Waals surface area contributed by atoms with Crippen LogP contribution in [0.3, 0.4) is 0 Å². The predicted octanol–water partition coefficient (Wildman–Crippen LogP) is 3.38. The van der Waals surface area contributed by atoms with Crippen LogP contribution < -0.4 is 16.4 Å². The topological polar surface area (TPSA) is 122 Å². The second kappa shape index (κ2) is 11.3. The maximum absolute atomic E-state index is 13.9. The van der Waals surface area contributed by atoms with Crippen LogP contribution in [-0.4, -0.2) is 50.0 Å². The van der Waals surface area contributed by atoms with Gasteiger partial charge in [-0.2, -0.15) is 13.2 Å². The molecule has 4 N–H and O–H groups in total. The monoisotopic (exact) mass is 560 g/mol. The standard InChI is InChI=1S/C24H28ClF3N4O4S/c1-3-37(35,36)22-5-4-17(25)8-15(22)11-30-23(34)19-10-20(24(26,27)28)16(9-21(19)29)12-32-7-6-18(13-32)31-14(2)33/h4-5,8-10,18H,3,6-7,11-13,29H2,1-2H3,(H,30,34)(H,31,33)/t18-/m1/s1. The van der Waals surface area contributed by atoms with Gasteiger partial charge in [-0.15, -0.1) is 0 Å². The summed E-state index contributed by atoms with van der Waals surface area (Å²) in [6.07, 6.45) is -4.14. The van der Waals surface area contributed by atoms with Gasteiger partial charge in [0.1, 0.15) is 0 Å². The van der Waals surface area contributed by atoms with E-state index in [-0.39, 0.29) is 63.1 Å². The molecule has 1 aliphatic heterocycles. The van der Waals surface area contributed by atoms with Crippen LogP contribution in [0, 0.1) is 0 Å². The van der Waals surface area contributed by atoms with E-state index < -0.39 is 27.5 Å². The molecular formula is C24H28ClF3N4O4S. The van der Waals surface area contributed by atoms with Crippen LogP contribution in [0.4, 0.5) is 18.9 Å². The minimum Gasteiger partial charge on any atom is -0.398 e. The van der Waals surface area contributed by atoms with E-state index in [9.17, 15) is 31.2 Å². The van der Waals surface area contributed by atoms with Crippen molar-refractivity contribution in [2.75, 3.05) is 24.6 Å². The molecule has 13 heteroatoms. The van der Waals surface area contributed by atoms with E-state index in [1.165, 1.54) is 32.0 Å². The number of halogens is 4. The maximum Gasteiger partial charge on any atom is 0.416 e. The molecule has 1 saturated heterocycles. The molecule has 0 aliphatic carbocycles. The van der Waals surface area contributed by atoms with Gasteiger partial charge in [0.2, 0.25) is 5.91 Å². The molecule has 0 spiro atoms. The summed E-state index contributed by atoms with van der Waals surface area (Å²) in [5.74, 6) is -1.28. The summed E-state index contributed by atoms with van der Waals surface area (Å²) < 4.78 is 66.6. The van der Waals surface area contributed by atoms with E-state index in [4.69, 9.17) is 17.3 Å². The van der Waals surface area contributed by atoms with Crippen molar-refractivity contribution in [3.8, 4) is 0 Å². The molecule has 1 atom stereocenters. The summed E-state index contributed by atoms with van der Waals surface area (Å²) in [6, 6.07) is 5.80. The Hall–Kier alpha value is -2.83. The van der Waals surface area contributed by atoms with Gasteiger partial charge >= 0.3 is 6.18 Å². The van der Waals surface area contributed by atoms with Gasteiger partial charge in [0.05, 0.1) is 21.8 Å². The van der Waals surface area contributed by atoms with Crippen molar-refractivity contribution in [1.82, 2.24) is 15.5 Å². The van der Waals surface area contributed by atoms with E-state index in [1.54, 1.807) is 4.90 Å². The Morgan fingerprint density at radius 2 is 1.89 bits per heavy atom. The van der Waals surface area contributed by atoms with Crippen molar-refractivity contribution in [3.05, 3.63) is 57.6 Å². The summed E-state index contributed by atoms with van der Waals surface area (Å²) in [7, 11) is -3.63. The van der Waals surface area contributed by atoms with Gasteiger partial charge in [0.15, 0.2) is 9.84 Å². The zero-order chi connectivity index (χ0) is 27.5. The number of benzene rings is 2. The van der Waals surface area contributed by atoms with Gasteiger partial charge in [-0.05, 0) is 47.9 Å². The lowest BCUT2D eigenvalue weighted by atomic mass is 10.00. The molecule has 0 saturated carbocycles. The zero-order valence-corrected chi connectivity index (χ0v) is 21.9. The van der Waals surface area contributed by atoms with Crippen LogP contribution in [0.15, 0.2) is 35.2 Å². The fraction of sp³-hybridized carbons (Fsp3) is 0.417. The molecule has 1 fully saturated rings. The molecule has 2 amide bonds. The molecule has 0 radical (unpaired) electrons. The maximum atomic E-state index is 13.9. The third kappa shape index (κ3) is 7.14. The van der Waals surface area contributed by atoms with Crippen LogP contribution in [0.25, 0.3) is 0 Å². The fourth-order valence-corrected chi connectivity index (χ4v) is 5.60. The largest absolute Gasteiger partial charge is 0.416 e. The van der Waals surface area contributed by atoms with Gasteiger partial charge in [-0.1, -0.05) is 18.5 Å². The van der Waals surface area contributed by atoms with Gasteiger partial charge in [0.25, 0.3) is 5.91 Å². The fourth-order valence-electron chi connectivity index (χ4n) is 4.29. The molecule has 1 heterocycles. The Morgan fingerprint density at radius 1 is 1.19 bits per heavy atom. The number of alkyl halides is 3. The highest BCUT2D eigenvalue weighted by molar-refractivity contribution is 7.91. The average Bonchev–Trinajstić information content (AvgIpc) is 3.22. The number of nitrogen functional groups attached to an aromatic ring is 1. The highest BCUT2D eigenvalue weighted by Crippen LogP contribution is 2.35. The van der Waals surface area contributed by atoms with Gasteiger partial charge in [-0.3, -0.25) is 14.5 Å². The molecule has 37 heavy (non-hydrogen) atoms. The van der Waals surface area contributed by atoms with E-state index >= 15 is 0 Å². The predicted molar refractivity (Wildman–Crippen MR) is 134 cm³/mol. The lowest BCUT2D eigenvalue weighted by Gasteiger charge is -2.21. The minimum absolute atomic E-state index is 0.0258. The first-order chi connectivity index (χ1) is 17.2. The number of carbonyl (C=O) groups excluding carboxylic acids is 2. The van der Waals surface area contributed by atoms with Crippen LogP contribution in [-0.2, 0) is 33.9 Å². The van der Waals surface area contributed by atoms with Crippen LogP contribution in [0.2, 0.25) is 5.02 Å². The third-order valence-electron chi connectivity index (χ3n) is 6.08. The first-order valence-electron chi connectivity index (χ1n) is 11.5. The Bertz CT molecular complexity index is 1300. The number of likely N-dealkylation sites (tertiary alicyclic amines) is 1. The number of nitrogens with two attached hydrogens (primary N) is 1. The second-order valence-corrected chi connectivity index (χ2v) is 11.5. The molecule has 0 unspecified atom stereocenters. The molecule has 8 nitrogen and oxygen atoms in total. The molecular weight excluding hydrogens is 533 g/mol. The Labute approximate surface area is 218 Å². The number of nitrogens with zero attached hydrogens (tertiary/aromatic N) is 1. The highest BCUT2D eigenvalue weighted by Gasteiger charge is 2.36. The molecule has 202 valence electrons. The van der Waals surface area contributed by atoms with Crippen LogP contribution in [0.1, 0.15) is 47.3 Å². The Morgan fingerprint density at radius 3 is 2.51 bits per heavy atom. The van der Waals surface area contributed by atoms with Crippen molar-refractivity contribution in [1.29, 1.82) is 0 Å². The Balaban J connectivity index is 1.84. The smallest absolute Gasteiger partial charge is 0.398 e. The molecule has 0 aromatic heterocycles. The number of anilines is 1. The summed E-state index contributed by atoms with van der Waals surface area (Å²) in [5.41, 5.74) is 4.59. The molecule has 2 aromatic carbocycles. The van der Waals surface area contributed by atoms with Crippen molar-refractivity contribution in [2.45, 2.75) is 50.5 Å². The zero-order valence-electron chi connectivity index (χ0n) is 20.3. The Kier molecular flexibility index (Phi) is 8.76. The number of hydrogen-bond acceptors (Lipinski definition) is 6. The van der Waals surface area contributed by atoms with Crippen LogP contribution >= 0.6 is 11.6 Å². The van der Waals surface area contributed by atoms with Crippen molar-refractivity contribution < 1.29 is 31.2 Å². The number of carbonyl (C=O) groups is 2. The summed E-state index contributed by atoms with van der Waals surface area (Å²) in [5, 5.41) is 5.46.